The third kappa shape index (κ3) is 3.69. The number of benzene rings is 1. The number of para-hydroxylation sites is 1. The minimum atomic E-state index is 0.336. The van der Waals surface area contributed by atoms with Crippen LogP contribution in [0.4, 0.5) is 5.82 Å². The van der Waals surface area contributed by atoms with Gasteiger partial charge in [-0.15, -0.1) is 0 Å². The van der Waals surface area contributed by atoms with Crippen molar-refractivity contribution in [3.8, 4) is 17.2 Å². The number of aryl methyl sites for hydroxylation is 1. The van der Waals surface area contributed by atoms with Crippen LogP contribution in [-0.4, -0.2) is 21.2 Å². The predicted octanol–water partition coefficient (Wildman–Crippen LogP) is 4.37. The lowest BCUT2D eigenvalue weighted by molar-refractivity contribution is 0.208. The molecule has 1 aromatic carbocycles. The van der Waals surface area contributed by atoms with Gasteiger partial charge in [0.1, 0.15) is 11.6 Å². The molecule has 1 aliphatic rings. The van der Waals surface area contributed by atoms with Crippen molar-refractivity contribution >= 4 is 5.82 Å². The number of aromatic nitrogens is 3. The first-order valence-corrected chi connectivity index (χ1v) is 9.04. The first kappa shape index (κ1) is 16.6. The van der Waals surface area contributed by atoms with Crippen molar-refractivity contribution in [2.24, 2.45) is 0 Å². The number of anilines is 1. The molecule has 1 aliphatic carbocycles. The zero-order chi connectivity index (χ0) is 17.8. The second kappa shape index (κ2) is 7.56. The molecular formula is C20H22N4O2. The maximum Gasteiger partial charge on any atom is 0.261 e. The second-order valence-corrected chi connectivity index (χ2v) is 6.53. The molecule has 3 aromatic rings. The largest absolute Gasteiger partial charge is 0.490 e. The van der Waals surface area contributed by atoms with Crippen LogP contribution in [0.15, 0.2) is 47.1 Å². The maximum absolute atomic E-state index is 6.21. The molecule has 0 radical (unpaired) electrons. The van der Waals surface area contributed by atoms with Crippen LogP contribution in [-0.2, 0) is 6.54 Å². The zero-order valence-corrected chi connectivity index (χ0v) is 14.8. The highest BCUT2D eigenvalue weighted by atomic mass is 16.5. The van der Waals surface area contributed by atoms with E-state index in [2.05, 4.69) is 26.5 Å². The summed E-state index contributed by atoms with van der Waals surface area (Å²) in [5, 5.41) is 7.25. The number of nitrogens with zero attached hydrogens (tertiary/aromatic N) is 3. The van der Waals surface area contributed by atoms with Crippen LogP contribution in [0, 0.1) is 6.92 Å². The fraction of sp³-hybridized carbons (Fsp3) is 0.350. The van der Waals surface area contributed by atoms with Crippen LogP contribution in [0.1, 0.15) is 37.1 Å². The molecule has 0 unspecified atom stereocenters. The van der Waals surface area contributed by atoms with Crippen molar-refractivity contribution in [2.45, 2.75) is 45.3 Å². The molecule has 0 amide bonds. The molecule has 2 heterocycles. The molecule has 0 spiro atoms. The van der Waals surface area contributed by atoms with Gasteiger partial charge in [-0.05, 0) is 50.8 Å². The monoisotopic (exact) mass is 350 g/mol. The molecule has 6 nitrogen and oxygen atoms in total. The van der Waals surface area contributed by atoms with Crippen LogP contribution in [0.25, 0.3) is 11.5 Å². The molecule has 6 heteroatoms. The zero-order valence-electron chi connectivity index (χ0n) is 14.8. The van der Waals surface area contributed by atoms with E-state index in [9.17, 15) is 0 Å². The predicted molar refractivity (Wildman–Crippen MR) is 98.9 cm³/mol. The van der Waals surface area contributed by atoms with Gasteiger partial charge >= 0.3 is 0 Å². The summed E-state index contributed by atoms with van der Waals surface area (Å²) in [6.07, 6.45) is 6.88. The average Bonchev–Trinajstić information content (AvgIpc) is 3.33. The Morgan fingerprint density at radius 3 is 2.81 bits per heavy atom. The fourth-order valence-electron chi connectivity index (χ4n) is 3.25. The highest BCUT2D eigenvalue weighted by Crippen LogP contribution is 2.28. The minimum absolute atomic E-state index is 0.336. The molecule has 0 atom stereocenters. The minimum Gasteiger partial charge on any atom is -0.490 e. The number of hydrogen-bond acceptors (Lipinski definition) is 6. The van der Waals surface area contributed by atoms with Gasteiger partial charge < -0.3 is 14.6 Å². The van der Waals surface area contributed by atoms with Gasteiger partial charge in [-0.1, -0.05) is 23.4 Å². The van der Waals surface area contributed by atoms with E-state index in [1.807, 2.05) is 30.3 Å². The van der Waals surface area contributed by atoms with Crippen molar-refractivity contribution in [1.82, 2.24) is 15.1 Å². The summed E-state index contributed by atoms with van der Waals surface area (Å²) in [4.78, 5) is 8.73. The quantitative estimate of drug-likeness (QED) is 0.711. The van der Waals surface area contributed by atoms with Gasteiger partial charge in [0.05, 0.1) is 11.7 Å². The van der Waals surface area contributed by atoms with Crippen LogP contribution in [0.3, 0.4) is 0 Å². The van der Waals surface area contributed by atoms with Gasteiger partial charge in [0.2, 0.25) is 0 Å². The number of nitrogens with one attached hydrogen (secondary N) is 1. The number of ether oxygens (including phenoxy) is 1. The van der Waals surface area contributed by atoms with Crippen LogP contribution < -0.4 is 10.1 Å². The lowest BCUT2D eigenvalue weighted by Gasteiger charge is -2.17. The third-order valence-corrected chi connectivity index (χ3v) is 4.58. The van der Waals surface area contributed by atoms with Crippen molar-refractivity contribution in [1.29, 1.82) is 0 Å². The Morgan fingerprint density at radius 1 is 1.15 bits per heavy atom. The maximum atomic E-state index is 6.21. The van der Waals surface area contributed by atoms with E-state index >= 15 is 0 Å². The molecule has 1 N–H and O–H groups in total. The van der Waals surface area contributed by atoms with Crippen molar-refractivity contribution in [3.05, 3.63) is 54.0 Å². The summed E-state index contributed by atoms with van der Waals surface area (Å²) >= 11 is 0. The SMILES string of the molecule is Cc1noc(-c2cccnc2NCc2ccccc2OC2CCCC2)n1. The van der Waals surface area contributed by atoms with Gasteiger partial charge in [-0.2, -0.15) is 4.98 Å². The molecule has 26 heavy (non-hydrogen) atoms. The highest BCUT2D eigenvalue weighted by Gasteiger charge is 2.18. The summed E-state index contributed by atoms with van der Waals surface area (Å²) in [6, 6.07) is 11.9. The van der Waals surface area contributed by atoms with E-state index in [4.69, 9.17) is 9.26 Å². The van der Waals surface area contributed by atoms with Gasteiger partial charge in [0.25, 0.3) is 5.89 Å². The van der Waals surface area contributed by atoms with E-state index < -0.39 is 0 Å². The Balaban J connectivity index is 1.51. The third-order valence-electron chi connectivity index (χ3n) is 4.58. The van der Waals surface area contributed by atoms with Crippen molar-refractivity contribution < 1.29 is 9.26 Å². The van der Waals surface area contributed by atoms with Gasteiger partial charge in [0.15, 0.2) is 5.82 Å². The highest BCUT2D eigenvalue weighted by molar-refractivity contribution is 5.68. The average molecular weight is 350 g/mol. The molecule has 0 bridgehead atoms. The van der Waals surface area contributed by atoms with Crippen LogP contribution >= 0.6 is 0 Å². The summed E-state index contributed by atoms with van der Waals surface area (Å²) < 4.78 is 11.5. The molecule has 0 aliphatic heterocycles. The summed E-state index contributed by atoms with van der Waals surface area (Å²) in [5.41, 5.74) is 1.90. The van der Waals surface area contributed by atoms with E-state index in [-0.39, 0.29) is 0 Å². The summed E-state index contributed by atoms with van der Waals surface area (Å²) in [5.74, 6) is 2.73. The molecule has 1 saturated carbocycles. The summed E-state index contributed by atoms with van der Waals surface area (Å²) in [6.45, 7) is 2.41. The Labute approximate surface area is 152 Å². The normalized spacial score (nSPS) is 14.5. The van der Waals surface area contributed by atoms with Crippen molar-refractivity contribution in [2.75, 3.05) is 5.32 Å². The Kier molecular flexibility index (Phi) is 4.82. The lowest BCUT2D eigenvalue weighted by Crippen LogP contribution is -2.13. The van der Waals surface area contributed by atoms with Crippen molar-refractivity contribution in [3.63, 3.8) is 0 Å². The van der Waals surface area contributed by atoms with Gasteiger partial charge in [-0.25, -0.2) is 4.98 Å². The standard InChI is InChI=1S/C20H22N4O2/c1-14-23-20(26-24-14)17-10-6-12-21-19(17)22-13-15-7-2-5-11-18(15)25-16-8-3-4-9-16/h2,5-7,10-12,16H,3-4,8-9,13H2,1H3,(H,21,22). The molecule has 4 rings (SSSR count). The van der Waals surface area contributed by atoms with Crippen LogP contribution in [0.2, 0.25) is 0 Å². The molecule has 0 saturated heterocycles. The lowest BCUT2D eigenvalue weighted by atomic mass is 10.2. The molecule has 1 fully saturated rings. The number of hydrogen-bond donors (Lipinski definition) is 1. The number of pyridine rings is 1. The first-order valence-electron chi connectivity index (χ1n) is 9.04. The van der Waals surface area contributed by atoms with Crippen LogP contribution in [0.5, 0.6) is 5.75 Å². The Bertz CT molecular complexity index is 872. The number of rotatable bonds is 6. The van der Waals surface area contributed by atoms with E-state index in [1.54, 1.807) is 13.1 Å². The molecular weight excluding hydrogens is 328 g/mol. The van der Waals surface area contributed by atoms with E-state index in [0.717, 1.165) is 29.7 Å². The topological polar surface area (TPSA) is 73.1 Å². The summed E-state index contributed by atoms with van der Waals surface area (Å²) in [7, 11) is 0. The van der Waals surface area contributed by atoms with E-state index in [0.29, 0.717) is 30.2 Å². The van der Waals surface area contributed by atoms with Gasteiger partial charge in [-0.3, -0.25) is 0 Å². The molecule has 2 aromatic heterocycles. The fourth-order valence-corrected chi connectivity index (χ4v) is 3.25. The smallest absolute Gasteiger partial charge is 0.261 e. The second-order valence-electron chi connectivity index (χ2n) is 6.53. The first-order chi connectivity index (χ1) is 12.8. The van der Waals surface area contributed by atoms with E-state index in [1.165, 1.54) is 12.8 Å². The molecule has 134 valence electrons. The van der Waals surface area contributed by atoms with Gasteiger partial charge in [0, 0.05) is 18.3 Å². The Morgan fingerprint density at radius 2 is 2.00 bits per heavy atom. The Hall–Kier alpha value is -2.89.